The van der Waals surface area contributed by atoms with Crippen LogP contribution in [0.4, 0.5) is 11.5 Å². The van der Waals surface area contributed by atoms with Gasteiger partial charge in [-0.3, -0.25) is 4.72 Å². The van der Waals surface area contributed by atoms with E-state index in [1.54, 1.807) is 12.1 Å². The van der Waals surface area contributed by atoms with Gasteiger partial charge < -0.3 is 5.73 Å². The molecule has 2 rings (SSSR count). The summed E-state index contributed by atoms with van der Waals surface area (Å²) >= 11 is 0. The van der Waals surface area contributed by atoms with Crippen LogP contribution >= 0.6 is 0 Å². The summed E-state index contributed by atoms with van der Waals surface area (Å²) in [6.07, 6.45) is 1.37. The fourth-order valence-corrected chi connectivity index (χ4v) is 3.00. The molecule has 0 amide bonds. The van der Waals surface area contributed by atoms with E-state index in [0.717, 1.165) is 5.56 Å². The summed E-state index contributed by atoms with van der Waals surface area (Å²) in [6, 6.07) is 10.1. The van der Waals surface area contributed by atoms with E-state index in [-0.39, 0.29) is 16.6 Å². The first kappa shape index (κ1) is 14.3. The highest BCUT2D eigenvalue weighted by Gasteiger charge is 2.17. The molecule has 0 aliphatic carbocycles. The number of benzene rings is 1. The Bertz CT molecular complexity index is 712. The van der Waals surface area contributed by atoms with E-state index in [1.165, 1.54) is 18.3 Å². The van der Waals surface area contributed by atoms with Gasteiger partial charge in [0.25, 0.3) is 10.0 Å². The molecular weight excluding hydrogens is 274 g/mol. The molecule has 5 nitrogen and oxygen atoms in total. The van der Waals surface area contributed by atoms with Gasteiger partial charge in [-0.1, -0.05) is 32.0 Å². The van der Waals surface area contributed by atoms with Crippen molar-refractivity contribution < 1.29 is 8.42 Å². The Morgan fingerprint density at radius 2 is 1.90 bits per heavy atom. The summed E-state index contributed by atoms with van der Waals surface area (Å²) in [7, 11) is -3.66. The average molecular weight is 291 g/mol. The second kappa shape index (κ2) is 5.50. The van der Waals surface area contributed by atoms with Crippen molar-refractivity contribution in [1.29, 1.82) is 0 Å². The maximum Gasteiger partial charge on any atom is 0.262 e. The number of nitrogens with zero attached hydrogens (tertiary/aromatic N) is 1. The third-order valence-electron chi connectivity index (χ3n) is 2.89. The second-order valence-electron chi connectivity index (χ2n) is 4.76. The molecule has 1 aromatic carbocycles. The maximum atomic E-state index is 12.3. The summed E-state index contributed by atoms with van der Waals surface area (Å²) in [5.41, 5.74) is 7.05. The Labute approximate surface area is 118 Å². The van der Waals surface area contributed by atoms with Gasteiger partial charge in [0.2, 0.25) is 0 Å². The van der Waals surface area contributed by atoms with Gasteiger partial charge in [0.1, 0.15) is 5.82 Å². The Morgan fingerprint density at radius 1 is 1.20 bits per heavy atom. The first-order valence-corrected chi connectivity index (χ1v) is 7.72. The Hall–Kier alpha value is -2.08. The lowest BCUT2D eigenvalue weighted by molar-refractivity contribution is 0.601. The monoisotopic (exact) mass is 291 g/mol. The van der Waals surface area contributed by atoms with Crippen LogP contribution in [-0.4, -0.2) is 13.4 Å². The van der Waals surface area contributed by atoms with Crippen molar-refractivity contribution in [1.82, 2.24) is 4.98 Å². The molecule has 3 N–H and O–H groups in total. The Morgan fingerprint density at radius 3 is 2.55 bits per heavy atom. The number of nitrogens with two attached hydrogens (primary N) is 1. The zero-order valence-corrected chi connectivity index (χ0v) is 12.2. The van der Waals surface area contributed by atoms with Crippen LogP contribution in [0.5, 0.6) is 0 Å². The van der Waals surface area contributed by atoms with Crippen molar-refractivity contribution in [2.45, 2.75) is 24.7 Å². The fourth-order valence-electron chi connectivity index (χ4n) is 1.89. The van der Waals surface area contributed by atoms with Gasteiger partial charge in [-0.25, -0.2) is 13.4 Å². The predicted molar refractivity (Wildman–Crippen MR) is 80.0 cm³/mol. The molecule has 1 aromatic heterocycles. The van der Waals surface area contributed by atoms with Crippen LogP contribution in [0.2, 0.25) is 0 Å². The minimum absolute atomic E-state index is 0.101. The molecule has 0 radical (unpaired) electrons. The lowest BCUT2D eigenvalue weighted by Crippen LogP contribution is -2.15. The number of hydrogen-bond acceptors (Lipinski definition) is 4. The largest absolute Gasteiger partial charge is 0.384 e. The van der Waals surface area contributed by atoms with Gasteiger partial charge in [0.05, 0.1) is 10.6 Å². The number of sulfonamides is 1. The summed E-state index contributed by atoms with van der Waals surface area (Å²) < 4.78 is 27.3. The standard InChI is InChI=1S/C14H17N3O2S/c1-10(2)12-5-3-4-6-13(12)17-20(18,19)11-7-8-16-14(15)9-11/h3-10,17H,1-2H3,(H2,15,16). The summed E-state index contributed by atoms with van der Waals surface area (Å²) in [4.78, 5) is 3.89. The smallest absolute Gasteiger partial charge is 0.262 e. The van der Waals surface area contributed by atoms with Gasteiger partial charge in [0, 0.05) is 12.3 Å². The highest BCUT2D eigenvalue weighted by atomic mass is 32.2. The second-order valence-corrected chi connectivity index (χ2v) is 6.45. The van der Waals surface area contributed by atoms with Crippen molar-refractivity contribution in [2.75, 3.05) is 10.5 Å². The van der Waals surface area contributed by atoms with Crippen molar-refractivity contribution in [3.05, 3.63) is 48.2 Å². The lowest BCUT2D eigenvalue weighted by Gasteiger charge is -2.14. The molecule has 0 saturated heterocycles. The van der Waals surface area contributed by atoms with Crippen LogP contribution in [0.3, 0.4) is 0 Å². The molecule has 0 atom stereocenters. The zero-order chi connectivity index (χ0) is 14.8. The molecule has 0 aliphatic heterocycles. The van der Waals surface area contributed by atoms with Gasteiger partial charge in [-0.2, -0.15) is 0 Å². The molecule has 20 heavy (non-hydrogen) atoms. The molecule has 1 heterocycles. The van der Waals surface area contributed by atoms with E-state index in [2.05, 4.69) is 9.71 Å². The molecule has 0 saturated carbocycles. The number of nitrogen functional groups attached to an aromatic ring is 1. The van der Waals surface area contributed by atoms with Crippen molar-refractivity contribution in [3.8, 4) is 0 Å². The first-order chi connectivity index (χ1) is 9.40. The highest BCUT2D eigenvalue weighted by Crippen LogP contribution is 2.26. The molecule has 0 bridgehead atoms. The molecule has 0 spiro atoms. The third kappa shape index (κ3) is 3.08. The van der Waals surface area contributed by atoms with Crippen LogP contribution in [0.1, 0.15) is 25.3 Å². The summed E-state index contributed by atoms with van der Waals surface area (Å²) in [5, 5.41) is 0. The minimum atomic E-state index is -3.66. The van der Waals surface area contributed by atoms with E-state index < -0.39 is 10.0 Å². The topological polar surface area (TPSA) is 85.1 Å². The number of hydrogen-bond donors (Lipinski definition) is 2. The molecule has 106 valence electrons. The molecule has 0 fully saturated rings. The van der Waals surface area contributed by atoms with Crippen LogP contribution in [0, 0.1) is 0 Å². The molecule has 0 unspecified atom stereocenters. The number of anilines is 2. The van der Waals surface area contributed by atoms with Gasteiger partial charge >= 0.3 is 0 Å². The zero-order valence-electron chi connectivity index (χ0n) is 11.4. The number of nitrogens with one attached hydrogen (secondary N) is 1. The number of rotatable bonds is 4. The lowest BCUT2D eigenvalue weighted by atomic mass is 10.0. The summed E-state index contributed by atoms with van der Waals surface area (Å²) in [5.74, 6) is 0.390. The predicted octanol–water partition coefficient (Wildman–Crippen LogP) is 2.59. The van der Waals surface area contributed by atoms with Gasteiger partial charge in [0.15, 0.2) is 0 Å². The third-order valence-corrected chi connectivity index (χ3v) is 4.25. The van der Waals surface area contributed by atoms with E-state index >= 15 is 0 Å². The minimum Gasteiger partial charge on any atom is -0.384 e. The Balaban J connectivity index is 2.39. The molecule has 2 aromatic rings. The average Bonchev–Trinajstić information content (AvgIpc) is 2.38. The highest BCUT2D eigenvalue weighted by molar-refractivity contribution is 7.92. The quantitative estimate of drug-likeness (QED) is 0.906. The normalized spacial score (nSPS) is 11.6. The van der Waals surface area contributed by atoms with Gasteiger partial charge in [-0.15, -0.1) is 0 Å². The van der Waals surface area contributed by atoms with E-state index in [1.807, 2.05) is 26.0 Å². The Kier molecular flexibility index (Phi) is 3.94. The molecule has 0 aliphatic rings. The van der Waals surface area contributed by atoms with Crippen molar-refractivity contribution in [2.24, 2.45) is 0 Å². The van der Waals surface area contributed by atoms with E-state index in [4.69, 9.17) is 5.73 Å². The number of pyridine rings is 1. The van der Waals surface area contributed by atoms with E-state index in [0.29, 0.717) is 5.69 Å². The van der Waals surface area contributed by atoms with Crippen LogP contribution in [-0.2, 0) is 10.0 Å². The van der Waals surface area contributed by atoms with Crippen molar-refractivity contribution in [3.63, 3.8) is 0 Å². The van der Waals surface area contributed by atoms with Crippen LogP contribution in [0.15, 0.2) is 47.5 Å². The summed E-state index contributed by atoms with van der Waals surface area (Å²) in [6.45, 7) is 4.02. The maximum absolute atomic E-state index is 12.3. The SMILES string of the molecule is CC(C)c1ccccc1NS(=O)(=O)c1ccnc(N)c1. The molecular formula is C14H17N3O2S. The van der Waals surface area contributed by atoms with Crippen LogP contribution in [0.25, 0.3) is 0 Å². The number of para-hydroxylation sites is 1. The molecule has 6 heteroatoms. The van der Waals surface area contributed by atoms with E-state index in [9.17, 15) is 8.42 Å². The number of aromatic nitrogens is 1. The van der Waals surface area contributed by atoms with Gasteiger partial charge in [-0.05, 0) is 23.6 Å². The fraction of sp³-hybridized carbons (Fsp3) is 0.214. The van der Waals surface area contributed by atoms with Crippen molar-refractivity contribution >= 4 is 21.5 Å². The van der Waals surface area contributed by atoms with Crippen LogP contribution < -0.4 is 10.5 Å². The first-order valence-electron chi connectivity index (χ1n) is 6.23.